The zero-order chi connectivity index (χ0) is 11.5. The number of β-amino-alcohol motifs (C(OH)–C–C–N with tert-alkyl or cyclic N) is 1. The molecule has 0 aromatic carbocycles. The molecule has 0 saturated carbocycles. The molecular weight excluding hydrogens is 188 g/mol. The van der Waals surface area contributed by atoms with E-state index in [9.17, 15) is 5.11 Å². The summed E-state index contributed by atoms with van der Waals surface area (Å²) in [4.78, 5) is 4.87. The summed E-state index contributed by atoms with van der Waals surface area (Å²) in [7, 11) is 0. The molecule has 1 fully saturated rings. The van der Waals surface area contributed by atoms with Gasteiger partial charge in [-0.3, -0.25) is 9.80 Å². The van der Waals surface area contributed by atoms with Gasteiger partial charge < -0.3 is 5.11 Å². The van der Waals surface area contributed by atoms with Crippen LogP contribution in [0.4, 0.5) is 0 Å². The molecule has 0 aromatic rings. The lowest BCUT2D eigenvalue weighted by molar-refractivity contribution is -0.00183. The van der Waals surface area contributed by atoms with Crippen molar-refractivity contribution in [2.45, 2.75) is 45.8 Å². The fourth-order valence-electron chi connectivity index (χ4n) is 2.03. The average molecular weight is 214 g/mol. The molecule has 1 rings (SSSR count). The van der Waals surface area contributed by atoms with Crippen LogP contribution in [-0.4, -0.2) is 59.3 Å². The normalized spacial score (nSPS) is 24.4. The topological polar surface area (TPSA) is 26.7 Å². The molecular formula is C12H26N2O. The Hall–Kier alpha value is -0.120. The monoisotopic (exact) mass is 214 g/mol. The van der Waals surface area contributed by atoms with E-state index in [-0.39, 0.29) is 0 Å². The van der Waals surface area contributed by atoms with Gasteiger partial charge in [0.25, 0.3) is 0 Å². The van der Waals surface area contributed by atoms with Gasteiger partial charge in [-0.05, 0) is 27.2 Å². The third kappa shape index (κ3) is 4.09. The molecule has 1 heterocycles. The van der Waals surface area contributed by atoms with E-state index in [0.29, 0.717) is 6.04 Å². The molecule has 1 saturated heterocycles. The molecule has 0 bridgehead atoms. The van der Waals surface area contributed by atoms with Gasteiger partial charge in [-0.15, -0.1) is 0 Å². The number of hydrogen-bond acceptors (Lipinski definition) is 3. The number of hydrogen-bond donors (Lipinski definition) is 1. The molecule has 1 N–H and O–H groups in total. The lowest BCUT2D eigenvalue weighted by atomic mass is 10.0. The predicted octanol–water partition coefficient (Wildman–Crippen LogP) is 1.17. The Kier molecular flexibility index (Phi) is 4.56. The molecule has 3 nitrogen and oxygen atoms in total. The van der Waals surface area contributed by atoms with E-state index in [2.05, 4.69) is 23.6 Å². The molecule has 0 amide bonds. The minimum Gasteiger partial charge on any atom is -0.389 e. The van der Waals surface area contributed by atoms with Crippen molar-refractivity contribution in [3.63, 3.8) is 0 Å². The van der Waals surface area contributed by atoms with Crippen molar-refractivity contribution in [2.75, 3.05) is 32.7 Å². The summed E-state index contributed by atoms with van der Waals surface area (Å²) in [6.07, 6.45) is 0.831. The lowest BCUT2D eigenvalue weighted by Gasteiger charge is -2.39. The molecule has 0 aliphatic carbocycles. The third-order valence-electron chi connectivity index (χ3n) is 3.46. The van der Waals surface area contributed by atoms with E-state index in [1.165, 1.54) is 0 Å². The summed E-state index contributed by atoms with van der Waals surface area (Å²) < 4.78 is 0. The molecule has 0 spiro atoms. The van der Waals surface area contributed by atoms with Crippen LogP contribution in [0.2, 0.25) is 0 Å². The molecule has 1 aliphatic heterocycles. The predicted molar refractivity (Wildman–Crippen MR) is 64.1 cm³/mol. The maximum Gasteiger partial charge on any atom is 0.0743 e. The van der Waals surface area contributed by atoms with E-state index < -0.39 is 5.60 Å². The van der Waals surface area contributed by atoms with Crippen molar-refractivity contribution in [1.82, 2.24) is 9.80 Å². The average Bonchev–Trinajstić information content (AvgIpc) is 2.18. The third-order valence-corrected chi connectivity index (χ3v) is 3.46. The van der Waals surface area contributed by atoms with Crippen molar-refractivity contribution >= 4 is 0 Å². The zero-order valence-electron chi connectivity index (χ0n) is 10.7. The van der Waals surface area contributed by atoms with Gasteiger partial charge in [-0.25, -0.2) is 0 Å². The summed E-state index contributed by atoms with van der Waals surface area (Å²) in [5.74, 6) is 0. The van der Waals surface area contributed by atoms with Crippen LogP contribution < -0.4 is 0 Å². The maximum absolute atomic E-state index is 10.00. The van der Waals surface area contributed by atoms with Crippen molar-refractivity contribution in [3.8, 4) is 0 Å². The van der Waals surface area contributed by atoms with Crippen LogP contribution in [0.1, 0.15) is 34.1 Å². The van der Waals surface area contributed by atoms with E-state index in [4.69, 9.17) is 0 Å². The highest BCUT2D eigenvalue weighted by atomic mass is 16.3. The summed E-state index contributed by atoms with van der Waals surface area (Å²) >= 11 is 0. The summed E-state index contributed by atoms with van der Waals surface area (Å²) in [6, 6.07) is 0.652. The molecule has 1 aliphatic rings. The Labute approximate surface area is 94.1 Å². The standard InChI is InChI=1S/C12H26N2O/c1-5-12(4,15)10-13-6-8-14(9-7-13)11(2)3/h11,15H,5-10H2,1-4H3. The smallest absolute Gasteiger partial charge is 0.0743 e. The molecule has 1 atom stereocenters. The van der Waals surface area contributed by atoms with Crippen molar-refractivity contribution in [1.29, 1.82) is 0 Å². The minimum atomic E-state index is -0.514. The first-order valence-corrected chi connectivity index (χ1v) is 6.13. The van der Waals surface area contributed by atoms with Crippen LogP contribution in [0.15, 0.2) is 0 Å². The quantitative estimate of drug-likeness (QED) is 0.761. The van der Waals surface area contributed by atoms with Gasteiger partial charge in [-0.1, -0.05) is 6.92 Å². The highest BCUT2D eigenvalue weighted by molar-refractivity contribution is 4.80. The molecule has 15 heavy (non-hydrogen) atoms. The van der Waals surface area contributed by atoms with Crippen molar-refractivity contribution in [3.05, 3.63) is 0 Å². The first-order chi connectivity index (χ1) is 6.94. The van der Waals surface area contributed by atoms with Gasteiger partial charge >= 0.3 is 0 Å². The van der Waals surface area contributed by atoms with Crippen LogP contribution in [0.25, 0.3) is 0 Å². The van der Waals surface area contributed by atoms with Gasteiger partial charge in [0.05, 0.1) is 5.60 Å². The first-order valence-electron chi connectivity index (χ1n) is 6.13. The zero-order valence-corrected chi connectivity index (χ0v) is 10.7. The molecule has 0 aromatic heterocycles. The Morgan fingerprint density at radius 2 is 1.73 bits per heavy atom. The van der Waals surface area contributed by atoms with E-state index in [1.807, 2.05) is 13.8 Å². The van der Waals surface area contributed by atoms with Crippen molar-refractivity contribution in [2.24, 2.45) is 0 Å². The fraction of sp³-hybridized carbons (Fsp3) is 1.00. The first kappa shape index (κ1) is 12.9. The number of nitrogens with zero attached hydrogens (tertiary/aromatic N) is 2. The SMILES string of the molecule is CCC(C)(O)CN1CCN(C(C)C)CC1. The van der Waals surface area contributed by atoms with Crippen LogP contribution in [0, 0.1) is 0 Å². The Morgan fingerprint density at radius 3 is 2.13 bits per heavy atom. The van der Waals surface area contributed by atoms with E-state index in [1.54, 1.807) is 0 Å². The molecule has 90 valence electrons. The summed E-state index contributed by atoms with van der Waals surface area (Å²) in [5.41, 5.74) is -0.514. The molecule has 0 radical (unpaired) electrons. The highest BCUT2D eigenvalue weighted by Crippen LogP contribution is 2.13. The van der Waals surface area contributed by atoms with Crippen LogP contribution in [0.3, 0.4) is 0 Å². The Bertz CT molecular complexity index is 184. The van der Waals surface area contributed by atoms with Gasteiger partial charge in [-0.2, -0.15) is 0 Å². The second kappa shape index (κ2) is 5.28. The van der Waals surface area contributed by atoms with Crippen LogP contribution >= 0.6 is 0 Å². The molecule has 3 heteroatoms. The molecule has 1 unspecified atom stereocenters. The maximum atomic E-state index is 10.00. The second-order valence-electron chi connectivity index (χ2n) is 5.26. The Morgan fingerprint density at radius 1 is 1.20 bits per heavy atom. The van der Waals surface area contributed by atoms with Crippen LogP contribution in [-0.2, 0) is 0 Å². The number of piperazine rings is 1. The summed E-state index contributed by atoms with van der Waals surface area (Å²) in [6.45, 7) is 13.7. The second-order valence-corrected chi connectivity index (χ2v) is 5.26. The van der Waals surface area contributed by atoms with E-state index >= 15 is 0 Å². The van der Waals surface area contributed by atoms with Gasteiger partial charge in [0.1, 0.15) is 0 Å². The van der Waals surface area contributed by atoms with Gasteiger partial charge in [0.15, 0.2) is 0 Å². The summed E-state index contributed by atoms with van der Waals surface area (Å²) in [5, 5.41) is 10.00. The van der Waals surface area contributed by atoms with Gasteiger partial charge in [0.2, 0.25) is 0 Å². The fourth-order valence-corrected chi connectivity index (χ4v) is 2.03. The van der Waals surface area contributed by atoms with Gasteiger partial charge in [0, 0.05) is 38.8 Å². The largest absolute Gasteiger partial charge is 0.389 e. The van der Waals surface area contributed by atoms with Crippen molar-refractivity contribution < 1.29 is 5.11 Å². The van der Waals surface area contributed by atoms with E-state index in [0.717, 1.165) is 39.1 Å². The number of aliphatic hydroxyl groups is 1. The lowest BCUT2D eigenvalue weighted by Crippen LogP contribution is -2.52. The minimum absolute atomic E-state index is 0.514. The number of rotatable bonds is 4. The Balaban J connectivity index is 2.32. The highest BCUT2D eigenvalue weighted by Gasteiger charge is 2.25. The van der Waals surface area contributed by atoms with Crippen LogP contribution in [0.5, 0.6) is 0 Å².